The second kappa shape index (κ2) is 4.01. The summed E-state index contributed by atoms with van der Waals surface area (Å²) in [6.45, 7) is 0. The van der Waals surface area contributed by atoms with Gasteiger partial charge in [0.05, 0.1) is 0 Å². The van der Waals surface area contributed by atoms with E-state index < -0.39 is 30.0 Å². The van der Waals surface area contributed by atoms with Crippen LogP contribution in [-0.4, -0.2) is 30.0 Å². The Bertz CT molecular complexity index is 39.0. The number of hydrogen-bond donors (Lipinski definition) is 0. The molecule has 0 aromatic carbocycles. The molecule has 0 aliphatic heterocycles. The fourth-order valence-electron chi connectivity index (χ4n) is 0.327. The predicted octanol–water partition coefficient (Wildman–Crippen LogP) is 1.51. The summed E-state index contributed by atoms with van der Waals surface area (Å²) >= 11 is -1.44. The maximum atomic E-state index is 5.54. The van der Waals surface area contributed by atoms with Gasteiger partial charge < -0.3 is 0 Å². The maximum absolute atomic E-state index is 5.54. The van der Waals surface area contributed by atoms with Crippen molar-refractivity contribution in [3.8, 4) is 0 Å². The van der Waals surface area contributed by atoms with Gasteiger partial charge in [0.1, 0.15) is 0 Å². The van der Waals surface area contributed by atoms with E-state index in [4.69, 9.17) is 2.72 Å². The van der Waals surface area contributed by atoms with E-state index in [0.29, 0.717) is 0 Å². The Kier molecular flexibility index (Phi) is 4.62. The van der Waals surface area contributed by atoms with Crippen molar-refractivity contribution < 1.29 is 2.72 Å². The zero-order valence-electron chi connectivity index (χ0n) is 5.30. The zero-order valence-corrected chi connectivity index (χ0v) is 9.06. The Morgan fingerprint density at radius 3 is 1.14 bits per heavy atom. The summed E-state index contributed by atoms with van der Waals surface area (Å²) in [7, 11) is 0. The Hall–Kier alpha value is 1.08. The van der Waals surface area contributed by atoms with Crippen LogP contribution >= 0.6 is 0 Å². The summed E-state index contributed by atoms with van der Waals surface area (Å²) in [5.41, 5.74) is 8.90. The van der Waals surface area contributed by atoms with Crippen LogP contribution in [0.1, 0.15) is 0 Å². The summed E-state index contributed by atoms with van der Waals surface area (Å²) in [5.74, 6) is 0. The average molecular weight is 226 g/mol. The van der Waals surface area contributed by atoms with E-state index >= 15 is 0 Å². The molecule has 0 saturated heterocycles. The molecule has 0 spiro atoms. The van der Waals surface area contributed by atoms with Crippen molar-refractivity contribution >= 4 is 30.0 Å². The normalized spacial score (nSPS) is 11.1. The molecule has 0 N–H and O–H groups in total. The Morgan fingerprint density at radius 2 is 1.14 bits per heavy atom. The molecule has 0 atom stereocenters. The first-order valence-corrected chi connectivity index (χ1v) is 11.2. The monoisotopic (exact) mass is 226 g/mol. The molecule has 0 aromatic heterocycles. The Morgan fingerprint density at radius 1 is 0.857 bits per heavy atom. The van der Waals surface area contributed by atoms with E-state index in [0.717, 1.165) is 0 Å². The Balaban J connectivity index is 2.95. The van der Waals surface area contributed by atoms with E-state index in [1.165, 1.54) is 0 Å². The molecule has 3 heteroatoms. The van der Waals surface area contributed by atoms with Gasteiger partial charge in [0, 0.05) is 0 Å². The molecule has 0 radical (unpaired) electrons. The van der Waals surface area contributed by atoms with E-state index in [2.05, 4.69) is 22.8 Å². The van der Waals surface area contributed by atoms with Gasteiger partial charge in [-0.2, -0.15) is 0 Å². The summed E-state index contributed by atoms with van der Waals surface area (Å²) in [6.07, 6.45) is 0. The molecule has 0 aliphatic rings. The van der Waals surface area contributed by atoms with Crippen LogP contribution in [0.5, 0.6) is 0 Å². The van der Waals surface area contributed by atoms with Crippen LogP contribution in [0.4, 0.5) is 0 Å². The van der Waals surface area contributed by atoms with Gasteiger partial charge in [0.15, 0.2) is 0 Å². The van der Waals surface area contributed by atoms with Crippen LogP contribution in [0.15, 0.2) is 0 Å². The first-order chi connectivity index (χ1) is 3.13. The molecule has 0 saturated carbocycles. The third-order valence-electron chi connectivity index (χ3n) is 0.327. The van der Waals surface area contributed by atoms with Gasteiger partial charge in [-0.1, -0.05) is 0 Å². The van der Waals surface area contributed by atoms with Crippen LogP contribution in [0.3, 0.4) is 0 Å². The quantitative estimate of drug-likeness (QED) is 0.648. The minimum absolute atomic E-state index is 0.719. The van der Waals surface area contributed by atoms with Crippen molar-refractivity contribution in [2.24, 2.45) is 0 Å². The van der Waals surface area contributed by atoms with Gasteiger partial charge in [0.2, 0.25) is 0 Å². The molecule has 0 bridgehead atoms. The summed E-state index contributed by atoms with van der Waals surface area (Å²) in [5, 5.41) is 0. The molecule has 0 unspecified atom stereocenters. The van der Waals surface area contributed by atoms with Gasteiger partial charge >= 0.3 is 55.5 Å². The van der Waals surface area contributed by atoms with E-state index in [9.17, 15) is 0 Å². The van der Waals surface area contributed by atoms with Crippen molar-refractivity contribution in [3.63, 3.8) is 0 Å². The van der Waals surface area contributed by atoms with Gasteiger partial charge in [-0.25, -0.2) is 0 Å². The van der Waals surface area contributed by atoms with Gasteiger partial charge in [-0.05, 0) is 0 Å². The Labute approximate surface area is 55.7 Å². The van der Waals surface area contributed by atoms with Gasteiger partial charge in [-0.3, -0.25) is 0 Å². The molecule has 7 heavy (non-hydrogen) atoms. The molecular weight excluding hydrogens is 214 g/mol. The first kappa shape index (κ1) is 8.08. The summed E-state index contributed by atoms with van der Waals surface area (Å²) in [4.78, 5) is 0. The second-order valence-electron chi connectivity index (χ2n) is 1.71. The fourth-order valence-corrected chi connectivity index (χ4v) is 8.82. The molecule has 44 valence electrons. The topological polar surface area (TPSA) is 9.23 Å². The van der Waals surface area contributed by atoms with E-state index in [-0.39, 0.29) is 0 Å². The second-order valence-corrected chi connectivity index (χ2v) is 10.6. The van der Waals surface area contributed by atoms with Gasteiger partial charge in [-0.15, -0.1) is 0 Å². The molecule has 0 aromatic rings. The van der Waals surface area contributed by atoms with Crippen molar-refractivity contribution in [1.82, 2.24) is 0 Å². The molecule has 0 amide bonds. The predicted molar refractivity (Wildman–Crippen MR) is 36.0 cm³/mol. The van der Waals surface area contributed by atoms with Crippen LogP contribution in [0.2, 0.25) is 22.8 Å². The fraction of sp³-hybridized carbons (Fsp3) is 1.00. The molecule has 0 fully saturated rings. The summed E-state index contributed by atoms with van der Waals surface area (Å²) < 4.78 is 5.54. The minimum atomic E-state index is -0.719. The molecule has 0 rings (SSSR count). The van der Waals surface area contributed by atoms with E-state index in [1.54, 1.807) is 0 Å². The molecule has 0 aliphatic carbocycles. The molecule has 0 heterocycles. The van der Waals surface area contributed by atoms with E-state index in [1.807, 2.05) is 0 Å². The van der Waals surface area contributed by atoms with Crippen molar-refractivity contribution in [2.75, 3.05) is 0 Å². The SMILES string of the molecule is C[As](C)O[As](C)C. The average Bonchev–Trinajstić information content (AvgIpc) is 1.27. The van der Waals surface area contributed by atoms with Crippen LogP contribution in [0, 0.1) is 0 Å². The van der Waals surface area contributed by atoms with Gasteiger partial charge in [0.25, 0.3) is 0 Å². The third-order valence-corrected chi connectivity index (χ3v) is 8.82. The number of rotatable bonds is 2. The standard InChI is InChI=1S/C4H12As2O/c1-5(2)7-6(3)4/h1-4H3. The van der Waals surface area contributed by atoms with Crippen LogP contribution in [-0.2, 0) is 2.72 Å². The summed E-state index contributed by atoms with van der Waals surface area (Å²) in [6, 6.07) is 0. The van der Waals surface area contributed by atoms with Crippen molar-refractivity contribution in [2.45, 2.75) is 22.8 Å². The molecule has 1 nitrogen and oxygen atoms in total. The van der Waals surface area contributed by atoms with Crippen molar-refractivity contribution in [1.29, 1.82) is 0 Å². The zero-order chi connectivity index (χ0) is 5.86. The van der Waals surface area contributed by atoms with Crippen molar-refractivity contribution in [3.05, 3.63) is 0 Å². The third kappa shape index (κ3) is 7.08. The molecular formula is C4H12As2O. The first-order valence-electron chi connectivity index (χ1n) is 2.15. The number of hydrogen-bond acceptors (Lipinski definition) is 1. The van der Waals surface area contributed by atoms with Crippen LogP contribution < -0.4 is 0 Å². The van der Waals surface area contributed by atoms with Crippen LogP contribution in [0.25, 0.3) is 0 Å².